The number of amides is 2. The quantitative estimate of drug-likeness (QED) is 0.156. The summed E-state index contributed by atoms with van der Waals surface area (Å²) in [5, 5.41) is 7.51. The Labute approximate surface area is 320 Å². The third-order valence-electron chi connectivity index (χ3n) is 10.4. The Morgan fingerprint density at radius 1 is 0.774 bits per heavy atom. The van der Waals surface area contributed by atoms with Gasteiger partial charge >= 0.3 is 0 Å². The molecule has 1 saturated heterocycles. The molecule has 8 nitrogen and oxygen atoms in total. The number of hydrogen-bond acceptors (Lipinski definition) is 6. The lowest BCUT2D eigenvalue weighted by molar-refractivity contribution is 0.0906. The van der Waals surface area contributed by atoms with E-state index in [9.17, 15) is 9.59 Å². The van der Waals surface area contributed by atoms with Gasteiger partial charge in [-0.3, -0.25) is 29.4 Å². The lowest BCUT2D eigenvalue weighted by atomic mass is 9.92. The number of piperidine rings is 1. The summed E-state index contributed by atoms with van der Waals surface area (Å²) >= 11 is 13.3. The Hall–Kier alpha value is -4.89. The molecule has 0 saturated carbocycles. The van der Waals surface area contributed by atoms with Gasteiger partial charge in [0.1, 0.15) is 0 Å². The molecule has 0 spiro atoms. The highest BCUT2D eigenvalue weighted by Crippen LogP contribution is 2.35. The number of carbonyl (C=O) groups is 2. The molecule has 10 heteroatoms. The molecule has 1 unspecified atom stereocenters. The molecule has 2 amide bonds. The molecule has 270 valence electrons. The molecule has 0 bridgehead atoms. The number of nitrogens with zero attached hydrogens (tertiary/aromatic N) is 4. The van der Waals surface area contributed by atoms with Crippen LogP contribution in [0.15, 0.2) is 97.7 Å². The molecule has 53 heavy (non-hydrogen) atoms. The molecule has 3 aromatic heterocycles. The maximum absolute atomic E-state index is 13.3. The molecule has 2 aliphatic rings. The molecule has 1 aliphatic carbocycles. The monoisotopic (exact) mass is 744 g/mol. The molecule has 2 N–H and O–H groups in total. The summed E-state index contributed by atoms with van der Waals surface area (Å²) in [6.45, 7) is 6.53. The largest absolute Gasteiger partial charge is 0.349 e. The first-order valence-corrected chi connectivity index (χ1v) is 18.9. The van der Waals surface area contributed by atoms with Gasteiger partial charge in [0.15, 0.2) is 0 Å². The summed E-state index contributed by atoms with van der Waals surface area (Å²) in [6, 6.07) is 19.4. The Morgan fingerprint density at radius 3 is 2.09 bits per heavy atom. The highest BCUT2D eigenvalue weighted by Gasteiger charge is 2.25. The highest BCUT2D eigenvalue weighted by molar-refractivity contribution is 6.36. The van der Waals surface area contributed by atoms with Crippen LogP contribution in [-0.2, 0) is 6.54 Å². The standard InChI is InChI=1S/C43H42Cl2N6O2/c1-27-7-13-36(41(45)39(27)31-5-3-19-46-24-31)43(53)49-33-11-9-30(10-12-33)38-16-8-29(23-48-38)26-51-21-17-34(18-22-51)50-42(52)35-14-15-37(44)40(28(35)2)32-6-4-20-47-25-32/h3-9,13-16,19-20,23-25,33-34H,10-12,17-18,21-22,26H2,1-2H3,(H,49,53)(H,50,52). The van der Waals surface area contributed by atoms with E-state index in [1.165, 1.54) is 5.57 Å². The molecule has 0 radical (unpaired) electrons. The number of nitrogens with one attached hydrogen (secondary N) is 2. The van der Waals surface area contributed by atoms with Crippen LogP contribution in [-0.4, -0.2) is 56.8 Å². The average Bonchev–Trinajstić information content (AvgIpc) is 3.17. The number of carbonyl (C=O) groups excluding carboxylic acids is 2. The normalized spacial score (nSPS) is 16.5. The minimum absolute atomic E-state index is 0.0250. The van der Waals surface area contributed by atoms with Gasteiger partial charge in [-0.1, -0.05) is 53.5 Å². The number of hydrogen-bond donors (Lipinski definition) is 2. The van der Waals surface area contributed by atoms with Crippen LogP contribution in [0.1, 0.15) is 75.2 Å². The van der Waals surface area contributed by atoms with Crippen LogP contribution in [0, 0.1) is 13.8 Å². The lowest BCUT2D eigenvalue weighted by Crippen LogP contribution is -2.44. The van der Waals surface area contributed by atoms with Gasteiger partial charge in [0.05, 0.1) is 16.3 Å². The second-order valence-corrected chi connectivity index (χ2v) is 14.7. The zero-order valence-corrected chi connectivity index (χ0v) is 31.4. The van der Waals surface area contributed by atoms with Crippen molar-refractivity contribution in [2.75, 3.05) is 13.1 Å². The molecule has 5 aromatic rings. The zero-order valence-electron chi connectivity index (χ0n) is 29.9. The van der Waals surface area contributed by atoms with Gasteiger partial charge in [-0.05, 0) is 105 Å². The predicted molar refractivity (Wildman–Crippen MR) is 212 cm³/mol. The third-order valence-corrected chi connectivity index (χ3v) is 11.1. The summed E-state index contributed by atoms with van der Waals surface area (Å²) in [5.74, 6) is -0.234. The van der Waals surface area contributed by atoms with E-state index >= 15 is 0 Å². The second-order valence-electron chi connectivity index (χ2n) is 13.9. The first-order chi connectivity index (χ1) is 25.7. The average molecular weight is 746 g/mol. The molecular weight excluding hydrogens is 703 g/mol. The van der Waals surface area contributed by atoms with E-state index in [-0.39, 0.29) is 23.9 Å². The number of pyridine rings is 3. The van der Waals surface area contributed by atoms with Gasteiger partial charge in [0.2, 0.25) is 0 Å². The SMILES string of the molecule is Cc1ccc(C(=O)NC2CC=C(c3ccc(CN4CCC(NC(=O)c5ccc(Cl)c(-c6cccnc6)c5C)CC4)cn3)CC2)c(Cl)c1-c1cccnc1. The van der Waals surface area contributed by atoms with Crippen LogP contribution >= 0.6 is 23.2 Å². The number of aromatic nitrogens is 3. The topological polar surface area (TPSA) is 100 Å². The maximum Gasteiger partial charge on any atom is 0.253 e. The Morgan fingerprint density at radius 2 is 1.45 bits per heavy atom. The van der Waals surface area contributed by atoms with Gasteiger partial charge < -0.3 is 10.6 Å². The van der Waals surface area contributed by atoms with E-state index in [0.29, 0.717) is 21.2 Å². The number of aryl methyl sites for hydroxylation is 1. The number of rotatable bonds is 9. The van der Waals surface area contributed by atoms with Crippen LogP contribution in [0.2, 0.25) is 10.0 Å². The van der Waals surface area contributed by atoms with Crippen LogP contribution in [0.4, 0.5) is 0 Å². The van der Waals surface area contributed by atoms with Crippen molar-refractivity contribution in [3.05, 3.63) is 141 Å². The van der Waals surface area contributed by atoms with E-state index in [2.05, 4.69) is 43.7 Å². The number of benzene rings is 2. The first kappa shape index (κ1) is 36.5. The predicted octanol–water partition coefficient (Wildman–Crippen LogP) is 8.89. The third kappa shape index (κ3) is 8.36. The summed E-state index contributed by atoms with van der Waals surface area (Å²) < 4.78 is 0. The van der Waals surface area contributed by atoms with Gasteiger partial charge in [-0.15, -0.1) is 0 Å². The maximum atomic E-state index is 13.3. The van der Waals surface area contributed by atoms with Crippen molar-refractivity contribution in [3.63, 3.8) is 0 Å². The number of likely N-dealkylation sites (tertiary alicyclic amines) is 1. The Kier molecular flexibility index (Phi) is 11.3. The van der Waals surface area contributed by atoms with Gasteiger partial charge in [0.25, 0.3) is 11.8 Å². The van der Waals surface area contributed by atoms with E-state index in [4.69, 9.17) is 28.2 Å². The van der Waals surface area contributed by atoms with Crippen LogP contribution in [0.3, 0.4) is 0 Å². The summed E-state index contributed by atoms with van der Waals surface area (Å²) in [7, 11) is 0. The number of halogens is 2. The summed E-state index contributed by atoms with van der Waals surface area (Å²) in [4.78, 5) is 42.3. The Bertz CT molecular complexity index is 2130. The van der Waals surface area contributed by atoms with E-state index in [1.54, 1.807) is 43.0 Å². The fourth-order valence-electron chi connectivity index (χ4n) is 7.43. The second kappa shape index (κ2) is 16.4. The van der Waals surface area contributed by atoms with Crippen molar-refractivity contribution in [1.82, 2.24) is 30.5 Å². The van der Waals surface area contributed by atoms with E-state index in [1.807, 2.05) is 50.4 Å². The van der Waals surface area contributed by atoms with Crippen molar-refractivity contribution in [2.45, 2.75) is 64.6 Å². The van der Waals surface area contributed by atoms with E-state index < -0.39 is 0 Å². The molecule has 2 aromatic carbocycles. The van der Waals surface area contributed by atoms with Crippen molar-refractivity contribution in [1.29, 1.82) is 0 Å². The van der Waals surface area contributed by atoms with Gasteiger partial charge in [-0.2, -0.15) is 0 Å². The van der Waals surface area contributed by atoms with Crippen LogP contribution in [0.5, 0.6) is 0 Å². The van der Waals surface area contributed by atoms with E-state index in [0.717, 1.165) is 96.4 Å². The van der Waals surface area contributed by atoms with Crippen LogP contribution < -0.4 is 10.6 Å². The van der Waals surface area contributed by atoms with Crippen molar-refractivity contribution in [2.24, 2.45) is 0 Å². The lowest BCUT2D eigenvalue weighted by Gasteiger charge is -2.32. The molecule has 1 fully saturated rings. The fourth-order valence-corrected chi connectivity index (χ4v) is 8.15. The van der Waals surface area contributed by atoms with Crippen molar-refractivity contribution < 1.29 is 9.59 Å². The van der Waals surface area contributed by atoms with Crippen molar-refractivity contribution in [3.8, 4) is 22.3 Å². The Balaban J connectivity index is 0.891. The van der Waals surface area contributed by atoms with Gasteiger partial charge in [-0.25, -0.2) is 0 Å². The molecular formula is C43H42Cl2N6O2. The minimum atomic E-state index is -0.164. The fraction of sp³-hybridized carbons (Fsp3) is 0.279. The minimum Gasteiger partial charge on any atom is -0.349 e. The molecule has 1 atom stereocenters. The smallest absolute Gasteiger partial charge is 0.253 e. The van der Waals surface area contributed by atoms with Crippen molar-refractivity contribution >= 4 is 40.6 Å². The zero-order chi connectivity index (χ0) is 36.9. The highest BCUT2D eigenvalue weighted by atomic mass is 35.5. The first-order valence-electron chi connectivity index (χ1n) is 18.1. The summed E-state index contributed by atoms with van der Waals surface area (Å²) in [5.41, 5.74) is 9.77. The molecule has 7 rings (SSSR count). The number of allylic oxidation sites excluding steroid dienone is 1. The molecule has 1 aliphatic heterocycles. The molecule has 4 heterocycles. The van der Waals surface area contributed by atoms with Crippen LogP contribution in [0.25, 0.3) is 27.8 Å². The van der Waals surface area contributed by atoms with Gasteiger partial charge in [0, 0.05) is 95.5 Å². The summed E-state index contributed by atoms with van der Waals surface area (Å²) in [6.07, 6.45) is 15.3.